The molecule has 0 saturated heterocycles. The summed E-state index contributed by atoms with van der Waals surface area (Å²) in [4.78, 5) is 47.3. The van der Waals surface area contributed by atoms with Gasteiger partial charge in [0.25, 0.3) is 11.8 Å². The molecule has 0 unspecified atom stereocenters. The number of hydrogen-bond donors (Lipinski definition) is 0. The molecule has 1 aliphatic heterocycles. The first kappa shape index (κ1) is 18.3. The minimum absolute atomic E-state index is 0.0608. The second-order valence-corrected chi connectivity index (χ2v) is 6.92. The van der Waals surface area contributed by atoms with Crippen molar-refractivity contribution >= 4 is 57.3 Å². The number of amides is 2. The van der Waals surface area contributed by atoms with Crippen LogP contribution in [0.1, 0.15) is 26.3 Å². The molecule has 0 saturated carbocycles. The van der Waals surface area contributed by atoms with Crippen LogP contribution in [0.4, 0.5) is 5.00 Å². The van der Waals surface area contributed by atoms with Crippen LogP contribution >= 0.6 is 34.5 Å². The van der Waals surface area contributed by atoms with Gasteiger partial charge in [-0.05, 0) is 12.1 Å². The van der Waals surface area contributed by atoms with Gasteiger partial charge in [-0.3, -0.25) is 29.4 Å². The molecule has 1 aromatic heterocycles. The van der Waals surface area contributed by atoms with Gasteiger partial charge in [-0.2, -0.15) is 0 Å². The van der Waals surface area contributed by atoms with Crippen LogP contribution in [0, 0.1) is 10.1 Å². The highest BCUT2D eigenvalue weighted by Crippen LogP contribution is 2.31. The van der Waals surface area contributed by atoms with E-state index in [-0.39, 0.29) is 32.8 Å². The van der Waals surface area contributed by atoms with Crippen molar-refractivity contribution in [2.75, 3.05) is 6.54 Å². The molecule has 2 heterocycles. The lowest BCUT2D eigenvalue weighted by Crippen LogP contribution is -2.35. The number of hydrogen-bond acceptors (Lipinski definition) is 7. The normalized spacial score (nSPS) is 13.1. The van der Waals surface area contributed by atoms with Gasteiger partial charge in [-0.15, -0.1) is 0 Å². The van der Waals surface area contributed by atoms with Crippen molar-refractivity contribution in [3.05, 3.63) is 60.4 Å². The fourth-order valence-electron chi connectivity index (χ4n) is 2.30. The molecular weight excluding hydrogens is 407 g/mol. The third-order valence-electron chi connectivity index (χ3n) is 3.52. The summed E-state index contributed by atoms with van der Waals surface area (Å²) in [6.07, 6.45) is 0. The van der Waals surface area contributed by atoms with E-state index in [1.165, 1.54) is 23.6 Å². The molecule has 0 fully saturated rings. The van der Waals surface area contributed by atoms with E-state index >= 15 is 0 Å². The van der Waals surface area contributed by atoms with E-state index in [1.807, 2.05) is 0 Å². The zero-order valence-electron chi connectivity index (χ0n) is 12.7. The highest BCUT2D eigenvalue weighted by Gasteiger charge is 2.37. The maximum atomic E-state index is 12.3. The number of imide groups is 1. The Labute approximate surface area is 160 Å². The minimum Gasteiger partial charge on any atom is -0.459 e. The van der Waals surface area contributed by atoms with Crippen molar-refractivity contribution in [3.63, 3.8) is 0 Å². The van der Waals surface area contributed by atoms with E-state index in [1.54, 1.807) is 0 Å². The van der Waals surface area contributed by atoms with Gasteiger partial charge in [-0.1, -0.05) is 34.5 Å². The van der Waals surface area contributed by atoms with Gasteiger partial charge in [0, 0.05) is 17.0 Å². The Morgan fingerprint density at radius 2 is 1.73 bits per heavy atom. The van der Waals surface area contributed by atoms with Crippen molar-refractivity contribution in [2.45, 2.75) is 6.61 Å². The van der Waals surface area contributed by atoms with Crippen LogP contribution in [0.3, 0.4) is 0 Å². The predicted octanol–water partition coefficient (Wildman–Crippen LogP) is 3.30. The van der Waals surface area contributed by atoms with Crippen LogP contribution in [0.5, 0.6) is 0 Å². The van der Waals surface area contributed by atoms with Crippen LogP contribution in [0.15, 0.2) is 23.6 Å². The SMILES string of the molecule is O=C(CN1C(=O)c2cc(Cl)c(Cl)cc2C1=O)OCc1csc([N+](=O)[O-])c1. The standard InChI is InChI=1S/C15H8Cl2N2O6S/c16-10-2-8-9(3-11(10)17)15(22)18(14(8)21)4-13(20)25-5-7-1-12(19(23)24)26-6-7/h1-3,6H,4-5H2. The number of nitrogens with zero attached hydrogens (tertiary/aromatic N) is 2. The fraction of sp³-hybridized carbons (Fsp3) is 0.133. The predicted molar refractivity (Wildman–Crippen MR) is 92.6 cm³/mol. The van der Waals surface area contributed by atoms with Gasteiger partial charge < -0.3 is 4.74 Å². The molecule has 0 aliphatic carbocycles. The first-order valence-electron chi connectivity index (χ1n) is 7.00. The highest BCUT2D eigenvalue weighted by atomic mass is 35.5. The number of thiophene rings is 1. The average molecular weight is 415 g/mol. The molecule has 8 nitrogen and oxygen atoms in total. The first-order valence-corrected chi connectivity index (χ1v) is 8.64. The second-order valence-electron chi connectivity index (χ2n) is 5.22. The molecular formula is C15H8Cl2N2O6S. The Bertz CT molecular complexity index is 917. The van der Waals surface area contributed by atoms with Gasteiger partial charge >= 0.3 is 11.0 Å². The largest absolute Gasteiger partial charge is 0.459 e. The lowest BCUT2D eigenvalue weighted by molar-refractivity contribution is -0.380. The molecule has 0 atom stereocenters. The summed E-state index contributed by atoms with van der Waals surface area (Å²) in [6, 6.07) is 3.83. The number of fused-ring (bicyclic) bond motifs is 1. The molecule has 0 radical (unpaired) electrons. The third-order valence-corrected chi connectivity index (χ3v) is 5.17. The summed E-state index contributed by atoms with van der Waals surface area (Å²) >= 11 is 12.6. The first-order chi connectivity index (χ1) is 12.3. The third kappa shape index (κ3) is 3.41. The van der Waals surface area contributed by atoms with E-state index in [4.69, 9.17) is 27.9 Å². The van der Waals surface area contributed by atoms with E-state index in [2.05, 4.69) is 0 Å². The van der Waals surface area contributed by atoms with E-state index in [0.29, 0.717) is 5.56 Å². The number of nitro groups is 1. The van der Waals surface area contributed by atoms with Crippen molar-refractivity contribution in [3.8, 4) is 0 Å². The van der Waals surface area contributed by atoms with Gasteiger partial charge in [0.1, 0.15) is 13.2 Å². The highest BCUT2D eigenvalue weighted by molar-refractivity contribution is 7.13. The molecule has 134 valence electrons. The summed E-state index contributed by atoms with van der Waals surface area (Å²) < 4.78 is 4.97. The van der Waals surface area contributed by atoms with Gasteiger partial charge in [-0.25, -0.2) is 0 Å². The summed E-state index contributed by atoms with van der Waals surface area (Å²) in [5.74, 6) is -2.18. The monoisotopic (exact) mass is 414 g/mol. The zero-order chi connectivity index (χ0) is 19.0. The lowest BCUT2D eigenvalue weighted by Gasteiger charge is -2.12. The van der Waals surface area contributed by atoms with Gasteiger partial charge in [0.15, 0.2) is 0 Å². The number of ether oxygens (including phenoxy) is 1. The summed E-state index contributed by atoms with van der Waals surface area (Å²) in [5.41, 5.74) is 0.562. The topological polar surface area (TPSA) is 107 Å². The number of rotatable bonds is 5. The number of benzene rings is 1. The smallest absolute Gasteiger partial charge is 0.326 e. The van der Waals surface area contributed by atoms with E-state index < -0.39 is 29.3 Å². The molecule has 26 heavy (non-hydrogen) atoms. The quantitative estimate of drug-likeness (QED) is 0.321. The molecule has 0 bridgehead atoms. The van der Waals surface area contributed by atoms with Crippen molar-refractivity contribution in [2.24, 2.45) is 0 Å². The molecule has 1 aromatic carbocycles. The lowest BCUT2D eigenvalue weighted by atomic mass is 10.1. The molecule has 0 N–H and O–H groups in total. The Morgan fingerprint density at radius 1 is 1.15 bits per heavy atom. The zero-order valence-corrected chi connectivity index (χ0v) is 15.1. The fourth-order valence-corrected chi connectivity index (χ4v) is 3.34. The van der Waals surface area contributed by atoms with E-state index in [9.17, 15) is 24.5 Å². The van der Waals surface area contributed by atoms with Crippen molar-refractivity contribution in [1.29, 1.82) is 0 Å². The summed E-state index contributed by atoms with van der Waals surface area (Å²) in [5, 5.41) is 12.3. The van der Waals surface area contributed by atoms with Crippen molar-refractivity contribution < 1.29 is 24.0 Å². The van der Waals surface area contributed by atoms with Crippen LogP contribution in [-0.4, -0.2) is 34.2 Å². The Morgan fingerprint density at radius 3 is 2.23 bits per heavy atom. The van der Waals surface area contributed by atoms with Crippen LogP contribution in [0.2, 0.25) is 10.0 Å². The summed E-state index contributed by atoms with van der Waals surface area (Å²) in [6.45, 7) is -0.794. The molecule has 1 aliphatic rings. The van der Waals surface area contributed by atoms with E-state index in [0.717, 1.165) is 16.2 Å². The van der Waals surface area contributed by atoms with Crippen LogP contribution in [-0.2, 0) is 16.1 Å². The number of carbonyl (C=O) groups is 3. The van der Waals surface area contributed by atoms with Crippen LogP contribution < -0.4 is 0 Å². The van der Waals surface area contributed by atoms with Crippen molar-refractivity contribution in [1.82, 2.24) is 4.90 Å². The number of halogens is 2. The Kier molecular flexibility index (Phi) is 4.94. The molecule has 11 heteroatoms. The molecule has 2 aromatic rings. The maximum Gasteiger partial charge on any atom is 0.326 e. The number of esters is 1. The van der Waals surface area contributed by atoms with Gasteiger partial charge in [0.2, 0.25) is 0 Å². The second kappa shape index (κ2) is 7.02. The van der Waals surface area contributed by atoms with Crippen LogP contribution in [0.25, 0.3) is 0 Å². The maximum absolute atomic E-state index is 12.3. The molecule has 3 rings (SSSR count). The Balaban J connectivity index is 1.65. The minimum atomic E-state index is -0.828. The average Bonchev–Trinajstić information content (AvgIpc) is 3.15. The Hall–Kier alpha value is -2.49. The summed E-state index contributed by atoms with van der Waals surface area (Å²) in [7, 11) is 0. The molecule has 2 amide bonds. The number of carbonyl (C=O) groups excluding carboxylic acids is 3. The molecule has 0 spiro atoms. The van der Waals surface area contributed by atoms with Gasteiger partial charge in [0.05, 0.1) is 26.1 Å².